The number of sulfone groups is 1. The summed E-state index contributed by atoms with van der Waals surface area (Å²) < 4.78 is 21.8. The summed E-state index contributed by atoms with van der Waals surface area (Å²) in [4.78, 5) is 11.8. The Kier molecular flexibility index (Phi) is 4.98. The molecule has 0 aliphatic carbocycles. The lowest BCUT2D eigenvalue weighted by molar-refractivity contribution is 0.0954. The minimum Gasteiger partial charge on any atom is -0.398 e. The number of nitrogen functional groups attached to an aromatic ring is 1. The molecule has 3 N–H and O–H groups in total. The van der Waals surface area contributed by atoms with Crippen LogP contribution in [0.1, 0.15) is 16.8 Å². The third-order valence-corrected chi connectivity index (χ3v) is 3.60. The molecule has 0 atom stereocenters. The smallest absolute Gasteiger partial charge is 0.254 e. The number of benzene rings is 1. The number of carbonyl (C=O) groups is 1. The standard InChI is InChI=1S/C11H15ClN2O3S/c1-18(16,17)7-3-6-14-11(15)10-8(12)4-2-5-9(10)13/h2,4-5H,3,6-7,13H2,1H3,(H,14,15). The molecule has 18 heavy (non-hydrogen) atoms. The highest BCUT2D eigenvalue weighted by Gasteiger charge is 2.13. The van der Waals surface area contributed by atoms with Crippen LogP contribution in [0.15, 0.2) is 18.2 Å². The summed E-state index contributed by atoms with van der Waals surface area (Å²) in [5.74, 6) is -0.364. The molecule has 0 bridgehead atoms. The van der Waals surface area contributed by atoms with Crippen LogP contribution in [0.2, 0.25) is 5.02 Å². The molecular weight excluding hydrogens is 276 g/mol. The maximum absolute atomic E-state index is 11.8. The summed E-state index contributed by atoms with van der Waals surface area (Å²) in [6.07, 6.45) is 1.51. The van der Waals surface area contributed by atoms with Gasteiger partial charge in [-0.05, 0) is 18.6 Å². The normalized spacial score (nSPS) is 11.2. The van der Waals surface area contributed by atoms with Crippen LogP contribution in [0, 0.1) is 0 Å². The molecule has 0 radical (unpaired) electrons. The number of amides is 1. The zero-order chi connectivity index (χ0) is 13.8. The fraction of sp³-hybridized carbons (Fsp3) is 0.364. The minimum atomic E-state index is -3.01. The number of hydrogen-bond donors (Lipinski definition) is 2. The van der Waals surface area contributed by atoms with Gasteiger partial charge < -0.3 is 11.1 Å². The number of nitrogens with one attached hydrogen (secondary N) is 1. The van der Waals surface area contributed by atoms with Crippen LogP contribution in [0.5, 0.6) is 0 Å². The number of halogens is 1. The molecule has 1 amide bonds. The van der Waals surface area contributed by atoms with E-state index in [-0.39, 0.29) is 22.9 Å². The van der Waals surface area contributed by atoms with Crippen LogP contribution in [-0.2, 0) is 9.84 Å². The van der Waals surface area contributed by atoms with Gasteiger partial charge in [0.2, 0.25) is 0 Å². The Morgan fingerprint density at radius 3 is 2.67 bits per heavy atom. The van der Waals surface area contributed by atoms with Crippen LogP contribution >= 0.6 is 11.6 Å². The van der Waals surface area contributed by atoms with Gasteiger partial charge in [0.15, 0.2) is 0 Å². The molecule has 0 aliphatic heterocycles. The number of carbonyl (C=O) groups excluding carboxylic acids is 1. The van der Waals surface area contributed by atoms with E-state index in [4.69, 9.17) is 17.3 Å². The third-order valence-electron chi connectivity index (χ3n) is 2.25. The van der Waals surface area contributed by atoms with E-state index in [1.807, 2.05) is 0 Å². The van der Waals surface area contributed by atoms with Gasteiger partial charge in [0.05, 0.1) is 16.3 Å². The Bertz CT molecular complexity index is 523. The van der Waals surface area contributed by atoms with Gasteiger partial charge in [-0.1, -0.05) is 17.7 Å². The van der Waals surface area contributed by atoms with Crippen LogP contribution in [0.4, 0.5) is 5.69 Å². The van der Waals surface area contributed by atoms with Crippen molar-refractivity contribution in [3.63, 3.8) is 0 Å². The molecular formula is C11H15ClN2O3S. The van der Waals surface area contributed by atoms with Crippen molar-refractivity contribution in [2.45, 2.75) is 6.42 Å². The van der Waals surface area contributed by atoms with Gasteiger partial charge in [-0.15, -0.1) is 0 Å². The SMILES string of the molecule is CS(=O)(=O)CCCNC(=O)c1c(N)cccc1Cl. The molecule has 0 saturated carbocycles. The van der Waals surface area contributed by atoms with Crippen molar-refractivity contribution >= 4 is 33.0 Å². The van der Waals surface area contributed by atoms with Crippen LogP contribution in [0.3, 0.4) is 0 Å². The number of anilines is 1. The fourth-order valence-electron chi connectivity index (χ4n) is 1.41. The van der Waals surface area contributed by atoms with Crippen molar-refractivity contribution < 1.29 is 13.2 Å². The lowest BCUT2D eigenvalue weighted by Crippen LogP contribution is -2.26. The van der Waals surface area contributed by atoms with Crippen molar-refractivity contribution in [3.8, 4) is 0 Å². The maximum atomic E-state index is 11.8. The molecule has 100 valence electrons. The van der Waals surface area contributed by atoms with Crippen LogP contribution in [0.25, 0.3) is 0 Å². The lowest BCUT2D eigenvalue weighted by Gasteiger charge is -2.08. The molecule has 1 rings (SSSR count). The van der Waals surface area contributed by atoms with E-state index in [1.165, 1.54) is 0 Å². The fourth-order valence-corrected chi connectivity index (χ4v) is 2.34. The molecule has 0 spiro atoms. The van der Waals surface area contributed by atoms with Gasteiger partial charge in [-0.25, -0.2) is 8.42 Å². The Morgan fingerprint density at radius 1 is 1.44 bits per heavy atom. The summed E-state index contributed by atoms with van der Waals surface area (Å²) in [5, 5.41) is 2.86. The molecule has 0 aliphatic rings. The van der Waals surface area contributed by atoms with Crippen molar-refractivity contribution in [2.24, 2.45) is 0 Å². The van der Waals surface area contributed by atoms with E-state index in [2.05, 4.69) is 5.32 Å². The first-order chi connectivity index (χ1) is 8.31. The zero-order valence-corrected chi connectivity index (χ0v) is 11.5. The molecule has 5 nitrogen and oxygen atoms in total. The second-order valence-electron chi connectivity index (χ2n) is 3.94. The highest BCUT2D eigenvalue weighted by Crippen LogP contribution is 2.21. The highest BCUT2D eigenvalue weighted by molar-refractivity contribution is 7.90. The van der Waals surface area contributed by atoms with E-state index in [9.17, 15) is 13.2 Å². The van der Waals surface area contributed by atoms with E-state index in [0.717, 1.165) is 6.26 Å². The number of nitrogens with two attached hydrogens (primary N) is 1. The van der Waals surface area contributed by atoms with Crippen LogP contribution in [-0.4, -0.2) is 32.9 Å². The van der Waals surface area contributed by atoms with Gasteiger partial charge in [-0.3, -0.25) is 4.79 Å². The summed E-state index contributed by atoms with van der Waals surface area (Å²) in [7, 11) is -3.01. The number of hydrogen-bond acceptors (Lipinski definition) is 4. The van der Waals surface area contributed by atoms with Crippen molar-refractivity contribution in [2.75, 3.05) is 24.3 Å². The Balaban J connectivity index is 2.56. The van der Waals surface area contributed by atoms with E-state index in [0.29, 0.717) is 12.1 Å². The van der Waals surface area contributed by atoms with E-state index < -0.39 is 15.7 Å². The molecule has 1 aromatic rings. The van der Waals surface area contributed by atoms with Crippen molar-refractivity contribution in [1.29, 1.82) is 0 Å². The zero-order valence-electron chi connectivity index (χ0n) is 9.94. The monoisotopic (exact) mass is 290 g/mol. The third kappa shape index (κ3) is 4.54. The average molecular weight is 291 g/mol. The van der Waals surface area contributed by atoms with E-state index in [1.54, 1.807) is 18.2 Å². The first-order valence-corrected chi connectivity index (χ1v) is 7.75. The minimum absolute atomic E-state index is 0.0330. The highest BCUT2D eigenvalue weighted by atomic mass is 35.5. The van der Waals surface area contributed by atoms with Gasteiger partial charge in [-0.2, -0.15) is 0 Å². The first-order valence-electron chi connectivity index (χ1n) is 5.31. The maximum Gasteiger partial charge on any atom is 0.254 e. The molecule has 0 aromatic heterocycles. The molecule has 0 heterocycles. The Hall–Kier alpha value is -1.27. The van der Waals surface area contributed by atoms with Gasteiger partial charge >= 0.3 is 0 Å². The van der Waals surface area contributed by atoms with Gasteiger partial charge in [0.25, 0.3) is 5.91 Å². The molecule has 1 aromatic carbocycles. The van der Waals surface area contributed by atoms with E-state index >= 15 is 0 Å². The summed E-state index contributed by atoms with van der Waals surface area (Å²) >= 11 is 5.87. The Morgan fingerprint density at radius 2 is 2.11 bits per heavy atom. The van der Waals surface area contributed by atoms with Gasteiger partial charge in [0, 0.05) is 18.5 Å². The number of rotatable bonds is 5. The quantitative estimate of drug-likeness (QED) is 0.627. The summed E-state index contributed by atoms with van der Waals surface area (Å²) in [6, 6.07) is 4.80. The largest absolute Gasteiger partial charge is 0.398 e. The lowest BCUT2D eigenvalue weighted by atomic mass is 10.1. The molecule has 7 heteroatoms. The molecule has 0 fully saturated rings. The second-order valence-corrected chi connectivity index (χ2v) is 6.61. The Labute approximate surface area is 111 Å². The average Bonchev–Trinajstić information content (AvgIpc) is 2.23. The summed E-state index contributed by atoms with van der Waals surface area (Å²) in [6.45, 7) is 0.260. The van der Waals surface area contributed by atoms with Crippen LogP contribution < -0.4 is 11.1 Å². The van der Waals surface area contributed by atoms with Crippen molar-refractivity contribution in [1.82, 2.24) is 5.32 Å². The predicted octanol–water partition coefficient (Wildman–Crippen LogP) is 1.09. The first kappa shape index (κ1) is 14.8. The second kappa shape index (κ2) is 6.06. The molecule has 0 unspecified atom stereocenters. The predicted molar refractivity (Wildman–Crippen MR) is 72.5 cm³/mol. The molecule has 0 saturated heterocycles. The topological polar surface area (TPSA) is 89.3 Å². The van der Waals surface area contributed by atoms with Gasteiger partial charge in [0.1, 0.15) is 9.84 Å². The van der Waals surface area contributed by atoms with Crippen molar-refractivity contribution in [3.05, 3.63) is 28.8 Å². The summed E-state index contributed by atoms with van der Waals surface area (Å²) in [5.41, 5.74) is 6.17.